The lowest BCUT2D eigenvalue weighted by Gasteiger charge is -2.17. The largest absolute Gasteiger partial charge is 0.382 e. The highest BCUT2D eigenvalue weighted by Crippen LogP contribution is 2.28. The van der Waals surface area contributed by atoms with Crippen molar-refractivity contribution in [1.29, 1.82) is 0 Å². The lowest BCUT2D eigenvalue weighted by molar-refractivity contribution is 0.130. The fourth-order valence-electron chi connectivity index (χ4n) is 1.39. The molecule has 1 aromatic heterocycles. The molecule has 88 valence electrons. The average Bonchev–Trinajstić information content (AvgIpc) is 3.09. The van der Waals surface area contributed by atoms with Crippen LogP contribution in [-0.2, 0) is 4.74 Å². The molecule has 0 aliphatic heterocycles. The van der Waals surface area contributed by atoms with Gasteiger partial charge >= 0.3 is 0 Å². The van der Waals surface area contributed by atoms with Crippen LogP contribution in [0.3, 0.4) is 0 Å². The van der Waals surface area contributed by atoms with E-state index in [1.54, 1.807) is 6.07 Å². The van der Waals surface area contributed by atoms with Gasteiger partial charge in [0.2, 0.25) is 0 Å². The van der Waals surface area contributed by atoms with Crippen molar-refractivity contribution in [1.82, 2.24) is 10.2 Å². The zero-order chi connectivity index (χ0) is 11.4. The summed E-state index contributed by atoms with van der Waals surface area (Å²) in [7, 11) is 1.97. The van der Waals surface area contributed by atoms with Gasteiger partial charge in [-0.25, -0.2) is 0 Å². The molecule has 1 aliphatic carbocycles. The number of nitrogen functional groups attached to an aromatic ring is 1. The van der Waals surface area contributed by atoms with Gasteiger partial charge < -0.3 is 15.4 Å². The van der Waals surface area contributed by atoms with E-state index in [2.05, 4.69) is 10.2 Å². The molecule has 2 N–H and O–H groups in total. The van der Waals surface area contributed by atoms with E-state index < -0.39 is 0 Å². The highest BCUT2D eigenvalue weighted by molar-refractivity contribution is 5.40. The van der Waals surface area contributed by atoms with Crippen molar-refractivity contribution in [2.24, 2.45) is 5.92 Å². The highest BCUT2D eigenvalue weighted by atomic mass is 16.5. The molecular formula is C11H18N4O. The van der Waals surface area contributed by atoms with Gasteiger partial charge in [-0.15, -0.1) is 10.2 Å². The van der Waals surface area contributed by atoms with Gasteiger partial charge in [-0.2, -0.15) is 0 Å². The molecule has 0 bridgehead atoms. The summed E-state index contributed by atoms with van der Waals surface area (Å²) in [6, 6.07) is 3.62. The molecule has 2 rings (SSSR count). The molecule has 0 amide bonds. The molecule has 0 radical (unpaired) electrons. The fourth-order valence-corrected chi connectivity index (χ4v) is 1.39. The zero-order valence-electron chi connectivity index (χ0n) is 9.59. The third-order valence-corrected chi connectivity index (χ3v) is 2.68. The molecule has 0 unspecified atom stereocenters. The Hall–Kier alpha value is -1.36. The first-order chi connectivity index (χ1) is 7.75. The Balaban J connectivity index is 1.69. The van der Waals surface area contributed by atoms with E-state index in [9.17, 15) is 0 Å². The Morgan fingerprint density at radius 2 is 2.25 bits per heavy atom. The van der Waals surface area contributed by atoms with Gasteiger partial charge in [0.05, 0.1) is 6.61 Å². The first-order valence-corrected chi connectivity index (χ1v) is 5.64. The second kappa shape index (κ2) is 5.12. The maximum absolute atomic E-state index is 5.56. The van der Waals surface area contributed by atoms with Crippen molar-refractivity contribution in [3.05, 3.63) is 12.1 Å². The van der Waals surface area contributed by atoms with Crippen LogP contribution >= 0.6 is 0 Å². The molecule has 0 aromatic carbocycles. The molecule has 5 nitrogen and oxygen atoms in total. The van der Waals surface area contributed by atoms with E-state index in [-0.39, 0.29) is 0 Å². The van der Waals surface area contributed by atoms with Crippen molar-refractivity contribution >= 4 is 11.6 Å². The molecule has 1 fully saturated rings. The number of hydrogen-bond donors (Lipinski definition) is 1. The summed E-state index contributed by atoms with van der Waals surface area (Å²) in [6.07, 6.45) is 2.67. The fraction of sp³-hybridized carbons (Fsp3) is 0.636. The molecule has 0 spiro atoms. The van der Waals surface area contributed by atoms with E-state index in [0.29, 0.717) is 5.82 Å². The molecule has 5 heteroatoms. The third-order valence-electron chi connectivity index (χ3n) is 2.68. The summed E-state index contributed by atoms with van der Waals surface area (Å²) < 4.78 is 5.56. The molecule has 1 saturated carbocycles. The number of hydrogen-bond acceptors (Lipinski definition) is 5. The van der Waals surface area contributed by atoms with Gasteiger partial charge in [0.25, 0.3) is 0 Å². The Morgan fingerprint density at radius 3 is 2.88 bits per heavy atom. The summed E-state index contributed by atoms with van der Waals surface area (Å²) in [5.41, 5.74) is 5.47. The predicted molar refractivity (Wildman–Crippen MR) is 63.3 cm³/mol. The van der Waals surface area contributed by atoms with Crippen LogP contribution in [-0.4, -0.2) is 37.0 Å². The standard InChI is InChI=1S/C11H18N4O/c1-15(6-7-16-8-9-2-3-9)11-5-4-10(12)13-14-11/h4-5,9H,2-3,6-8H2,1H3,(H2,12,13). The maximum Gasteiger partial charge on any atom is 0.151 e. The average molecular weight is 222 g/mol. The van der Waals surface area contributed by atoms with Gasteiger partial charge in [-0.1, -0.05) is 0 Å². The lowest BCUT2D eigenvalue weighted by Crippen LogP contribution is -2.24. The summed E-state index contributed by atoms with van der Waals surface area (Å²) in [5.74, 6) is 2.09. The van der Waals surface area contributed by atoms with E-state index >= 15 is 0 Å². The van der Waals surface area contributed by atoms with Gasteiger partial charge in [0.15, 0.2) is 5.82 Å². The summed E-state index contributed by atoms with van der Waals surface area (Å²) in [6.45, 7) is 2.46. The molecule has 1 heterocycles. The topological polar surface area (TPSA) is 64.3 Å². The molecule has 1 aliphatic rings. The number of aromatic nitrogens is 2. The number of anilines is 2. The van der Waals surface area contributed by atoms with Crippen LogP contribution in [0, 0.1) is 5.92 Å². The Morgan fingerprint density at radius 1 is 1.44 bits per heavy atom. The Kier molecular flexibility index (Phi) is 3.56. The van der Waals surface area contributed by atoms with Crippen molar-refractivity contribution in [2.45, 2.75) is 12.8 Å². The van der Waals surface area contributed by atoms with E-state index in [4.69, 9.17) is 10.5 Å². The van der Waals surface area contributed by atoms with Crippen LogP contribution in [0.2, 0.25) is 0 Å². The van der Waals surface area contributed by atoms with Gasteiger partial charge in [-0.3, -0.25) is 0 Å². The molecule has 1 aromatic rings. The first-order valence-electron chi connectivity index (χ1n) is 5.64. The maximum atomic E-state index is 5.56. The van der Waals surface area contributed by atoms with Crippen molar-refractivity contribution < 1.29 is 4.74 Å². The van der Waals surface area contributed by atoms with Crippen molar-refractivity contribution in [3.63, 3.8) is 0 Å². The number of likely N-dealkylation sites (N-methyl/N-ethyl adjacent to an activating group) is 1. The monoisotopic (exact) mass is 222 g/mol. The normalized spacial score (nSPS) is 15.1. The second-order valence-electron chi connectivity index (χ2n) is 4.26. The number of ether oxygens (including phenoxy) is 1. The first kappa shape index (κ1) is 11.1. The predicted octanol–water partition coefficient (Wildman–Crippen LogP) is 0.922. The Labute approximate surface area is 95.6 Å². The minimum atomic E-state index is 0.446. The van der Waals surface area contributed by atoms with Gasteiger partial charge in [-0.05, 0) is 30.9 Å². The summed E-state index contributed by atoms with van der Waals surface area (Å²) in [5, 5.41) is 7.81. The van der Waals surface area contributed by atoms with Gasteiger partial charge in [0.1, 0.15) is 5.82 Å². The molecule has 16 heavy (non-hydrogen) atoms. The number of nitrogens with two attached hydrogens (primary N) is 1. The molecular weight excluding hydrogens is 204 g/mol. The van der Waals surface area contributed by atoms with Crippen LogP contribution in [0.4, 0.5) is 11.6 Å². The summed E-state index contributed by atoms with van der Waals surface area (Å²) >= 11 is 0. The van der Waals surface area contributed by atoms with E-state index in [0.717, 1.165) is 31.5 Å². The third kappa shape index (κ3) is 3.34. The van der Waals surface area contributed by atoms with Crippen LogP contribution in [0.15, 0.2) is 12.1 Å². The number of nitrogens with zero attached hydrogens (tertiary/aromatic N) is 3. The van der Waals surface area contributed by atoms with Gasteiger partial charge in [0, 0.05) is 20.2 Å². The van der Waals surface area contributed by atoms with Crippen molar-refractivity contribution in [3.8, 4) is 0 Å². The molecule has 0 atom stereocenters. The minimum absolute atomic E-state index is 0.446. The second-order valence-corrected chi connectivity index (χ2v) is 4.26. The Bertz CT molecular complexity index is 323. The molecule has 0 saturated heterocycles. The smallest absolute Gasteiger partial charge is 0.151 e. The SMILES string of the molecule is CN(CCOCC1CC1)c1ccc(N)nn1. The zero-order valence-corrected chi connectivity index (χ0v) is 9.59. The van der Waals surface area contributed by atoms with Crippen LogP contribution in [0.1, 0.15) is 12.8 Å². The van der Waals surface area contributed by atoms with E-state index in [1.807, 2.05) is 18.0 Å². The quantitative estimate of drug-likeness (QED) is 0.725. The highest BCUT2D eigenvalue weighted by Gasteiger charge is 2.20. The van der Waals surface area contributed by atoms with Crippen molar-refractivity contribution in [2.75, 3.05) is 37.4 Å². The lowest BCUT2D eigenvalue weighted by atomic mass is 10.4. The number of rotatable bonds is 6. The van der Waals surface area contributed by atoms with Crippen LogP contribution in [0.25, 0.3) is 0 Å². The summed E-state index contributed by atoms with van der Waals surface area (Å²) in [4.78, 5) is 2.01. The van der Waals surface area contributed by atoms with Crippen LogP contribution < -0.4 is 10.6 Å². The van der Waals surface area contributed by atoms with Crippen LogP contribution in [0.5, 0.6) is 0 Å². The van der Waals surface area contributed by atoms with E-state index in [1.165, 1.54) is 12.8 Å². The minimum Gasteiger partial charge on any atom is -0.382 e.